The second-order valence-corrected chi connectivity index (χ2v) is 19.0. The molecule has 4 atom stereocenters. The fourth-order valence-electron chi connectivity index (χ4n) is 7.70. The SMILES string of the molecule is C.C=[N+]([CH-]c1cc(C(C)(C)C)cc(C)c1OCOc1c([CH-][N+](=C)C2CCCCC2C)cc(C(C)(C)C)cc1C(C)(C)C)C1CCCCC1C.CCC. The lowest BCUT2D eigenvalue weighted by atomic mass is 9.78. The first-order valence-corrected chi connectivity index (χ1v) is 20.2. The average Bonchev–Trinajstić information content (AvgIpc) is 3.01. The van der Waals surface area contributed by atoms with E-state index in [2.05, 4.69) is 157 Å². The molecule has 0 saturated heterocycles. The Morgan fingerprint density at radius 2 is 1.02 bits per heavy atom. The predicted molar refractivity (Wildman–Crippen MR) is 227 cm³/mol. The zero-order chi connectivity index (χ0) is 38.3. The summed E-state index contributed by atoms with van der Waals surface area (Å²) in [5.41, 5.74) is 6.93. The molecule has 2 aromatic carbocycles. The average molecular weight is 717 g/mol. The van der Waals surface area contributed by atoms with Gasteiger partial charge in [0.1, 0.15) is 12.1 Å². The first kappa shape index (κ1) is 45.3. The predicted octanol–water partition coefficient (Wildman–Crippen LogP) is 13.0. The number of benzene rings is 2. The Hall–Kier alpha value is -2.88. The summed E-state index contributed by atoms with van der Waals surface area (Å²) in [6, 6.07) is 10.1. The molecule has 0 bridgehead atoms. The number of aryl methyl sites for hydroxylation is 1. The van der Waals surface area contributed by atoms with Crippen LogP contribution in [0.3, 0.4) is 0 Å². The van der Waals surface area contributed by atoms with E-state index < -0.39 is 0 Å². The van der Waals surface area contributed by atoms with Crippen LogP contribution in [-0.2, 0) is 16.2 Å². The second-order valence-electron chi connectivity index (χ2n) is 19.0. The van der Waals surface area contributed by atoms with Crippen molar-refractivity contribution in [1.82, 2.24) is 0 Å². The molecule has 4 heteroatoms. The van der Waals surface area contributed by atoms with Crippen LogP contribution >= 0.6 is 0 Å². The van der Waals surface area contributed by atoms with E-state index in [1.807, 2.05) is 0 Å². The van der Waals surface area contributed by atoms with E-state index in [4.69, 9.17) is 9.47 Å². The Balaban J connectivity index is 0.00000226. The minimum atomic E-state index is -0.127. The third-order valence-corrected chi connectivity index (χ3v) is 11.0. The summed E-state index contributed by atoms with van der Waals surface area (Å²) >= 11 is 0. The van der Waals surface area contributed by atoms with Gasteiger partial charge in [-0.25, -0.2) is 0 Å². The minimum absolute atomic E-state index is 0. The quantitative estimate of drug-likeness (QED) is 0.106. The molecule has 294 valence electrons. The Morgan fingerprint density at radius 3 is 1.42 bits per heavy atom. The van der Waals surface area contributed by atoms with Crippen LogP contribution in [0.1, 0.15) is 189 Å². The van der Waals surface area contributed by atoms with Crippen molar-refractivity contribution in [3.63, 3.8) is 0 Å². The standard InChI is InChI=1S/C44H68N2O2.C3H8.CH4/c1-30-19-15-17-21-38(30)45(13)27-33-24-35(42(4,5)6)23-32(3)40(33)47-29-48-41-34(28-46(14)39-22-18-16-20-31(39)2)25-36(43(7,8)9)26-37(41)44(10,11)12;1-3-2;/h23-28,30-31,38-39H,13-22,29H2,1-12H3;3H2,1-2H3;1H4. The smallest absolute Gasteiger partial charge is 0.210 e. The molecule has 0 N–H and O–H groups in total. The van der Waals surface area contributed by atoms with Crippen LogP contribution in [0.2, 0.25) is 0 Å². The van der Waals surface area contributed by atoms with Crippen molar-refractivity contribution < 1.29 is 18.6 Å². The van der Waals surface area contributed by atoms with Gasteiger partial charge in [0.15, 0.2) is 0 Å². The van der Waals surface area contributed by atoms with Gasteiger partial charge in [-0.3, -0.25) is 9.15 Å². The molecule has 0 aliphatic heterocycles. The van der Waals surface area contributed by atoms with E-state index in [0.29, 0.717) is 23.9 Å². The Kier molecular flexibility index (Phi) is 16.5. The molecule has 0 spiro atoms. The fourth-order valence-corrected chi connectivity index (χ4v) is 7.70. The highest BCUT2D eigenvalue weighted by Gasteiger charge is 2.31. The van der Waals surface area contributed by atoms with Crippen molar-refractivity contribution in [3.05, 3.63) is 70.7 Å². The van der Waals surface area contributed by atoms with Crippen molar-refractivity contribution in [2.75, 3.05) is 6.79 Å². The van der Waals surface area contributed by atoms with Crippen molar-refractivity contribution in [3.8, 4) is 11.5 Å². The zero-order valence-corrected chi connectivity index (χ0v) is 35.5. The first-order chi connectivity index (χ1) is 23.7. The fraction of sp³-hybridized carbons (Fsp3) is 0.667. The van der Waals surface area contributed by atoms with Gasteiger partial charge in [0.05, 0.1) is 38.0 Å². The lowest BCUT2D eigenvalue weighted by Gasteiger charge is -2.34. The largest absolute Gasteiger partial charge is 0.503 e. The lowest BCUT2D eigenvalue weighted by Crippen LogP contribution is -2.33. The van der Waals surface area contributed by atoms with Gasteiger partial charge >= 0.3 is 0 Å². The topological polar surface area (TPSA) is 24.5 Å². The molecule has 0 radical (unpaired) electrons. The Labute approximate surface area is 322 Å². The van der Waals surface area contributed by atoms with Crippen LogP contribution in [0, 0.1) is 31.8 Å². The van der Waals surface area contributed by atoms with Crippen LogP contribution in [0.5, 0.6) is 11.5 Å². The monoisotopic (exact) mass is 717 g/mol. The van der Waals surface area contributed by atoms with Crippen LogP contribution in [-0.4, -0.2) is 41.5 Å². The molecule has 52 heavy (non-hydrogen) atoms. The molecule has 4 rings (SSSR count). The van der Waals surface area contributed by atoms with E-state index in [1.54, 1.807) is 0 Å². The molecular formula is C48H80N2O2. The summed E-state index contributed by atoms with van der Waals surface area (Å²) in [6.45, 7) is 45.3. The van der Waals surface area contributed by atoms with Gasteiger partial charge in [0.25, 0.3) is 0 Å². The summed E-state index contributed by atoms with van der Waals surface area (Å²) in [6.07, 6.45) is 11.3. The molecule has 0 heterocycles. The van der Waals surface area contributed by atoms with E-state index in [1.165, 1.54) is 74.5 Å². The number of rotatable bonds is 10. The zero-order valence-electron chi connectivity index (χ0n) is 35.5. The molecule has 2 fully saturated rings. The maximum atomic E-state index is 6.78. The maximum absolute atomic E-state index is 6.78. The molecule has 2 aliphatic carbocycles. The summed E-state index contributed by atoms with van der Waals surface area (Å²) in [5.74, 6) is 2.99. The molecule has 2 aliphatic rings. The van der Waals surface area contributed by atoms with E-state index in [-0.39, 0.29) is 30.5 Å². The van der Waals surface area contributed by atoms with Gasteiger partial charge in [0, 0.05) is 24.7 Å². The number of hydrogen-bond donors (Lipinski definition) is 0. The van der Waals surface area contributed by atoms with Crippen molar-refractivity contribution >= 4 is 13.4 Å². The maximum Gasteiger partial charge on any atom is 0.210 e. The van der Waals surface area contributed by atoms with E-state index >= 15 is 0 Å². The lowest BCUT2D eigenvalue weighted by molar-refractivity contribution is -0.528. The molecular weight excluding hydrogens is 637 g/mol. The molecule has 2 saturated carbocycles. The van der Waals surface area contributed by atoms with Crippen LogP contribution in [0.4, 0.5) is 0 Å². The van der Waals surface area contributed by atoms with Crippen molar-refractivity contribution in [2.24, 2.45) is 11.8 Å². The number of hydrogen-bond acceptors (Lipinski definition) is 2. The van der Waals surface area contributed by atoms with Crippen LogP contribution < -0.4 is 9.47 Å². The summed E-state index contributed by atoms with van der Waals surface area (Å²) in [5, 5.41) is 0. The molecule has 0 aromatic heterocycles. The van der Waals surface area contributed by atoms with Gasteiger partial charge < -0.3 is 9.47 Å². The Morgan fingerprint density at radius 1 is 0.635 bits per heavy atom. The summed E-state index contributed by atoms with van der Waals surface area (Å²) in [7, 11) is 0. The van der Waals surface area contributed by atoms with Gasteiger partial charge in [-0.2, -0.15) is 0 Å². The highest BCUT2D eigenvalue weighted by Crippen LogP contribution is 2.41. The first-order valence-electron chi connectivity index (χ1n) is 20.2. The number of nitrogens with zero attached hydrogens (tertiary/aromatic N) is 2. The van der Waals surface area contributed by atoms with Gasteiger partial charge in [-0.15, -0.1) is 12.1 Å². The normalized spacial score (nSPS) is 20.8. The van der Waals surface area contributed by atoms with E-state index in [0.717, 1.165) is 28.2 Å². The summed E-state index contributed by atoms with van der Waals surface area (Å²) in [4.78, 5) is 0. The van der Waals surface area contributed by atoms with Crippen LogP contribution in [0.15, 0.2) is 24.3 Å². The Bertz CT molecular complexity index is 1470. The van der Waals surface area contributed by atoms with Crippen molar-refractivity contribution in [1.29, 1.82) is 0 Å². The minimum Gasteiger partial charge on any atom is -0.503 e. The number of ether oxygens (including phenoxy) is 2. The summed E-state index contributed by atoms with van der Waals surface area (Å²) < 4.78 is 17.8. The molecule has 4 unspecified atom stereocenters. The molecule has 0 amide bonds. The van der Waals surface area contributed by atoms with Gasteiger partial charge in [0.2, 0.25) is 6.79 Å². The van der Waals surface area contributed by atoms with E-state index in [9.17, 15) is 0 Å². The second kappa shape index (κ2) is 18.9. The highest BCUT2D eigenvalue weighted by molar-refractivity contribution is 5.52. The third kappa shape index (κ3) is 12.1. The van der Waals surface area contributed by atoms with Gasteiger partial charge in [-0.05, 0) is 65.5 Å². The molecule has 4 nitrogen and oxygen atoms in total. The van der Waals surface area contributed by atoms with Crippen LogP contribution in [0.25, 0.3) is 0 Å². The highest BCUT2D eigenvalue weighted by atomic mass is 16.7. The molecule has 2 aromatic rings. The van der Waals surface area contributed by atoms with Crippen molar-refractivity contribution in [2.45, 2.75) is 190 Å². The third-order valence-electron chi connectivity index (χ3n) is 11.0. The van der Waals surface area contributed by atoms with Gasteiger partial charge in [-0.1, -0.05) is 146 Å².